The summed E-state index contributed by atoms with van der Waals surface area (Å²) in [5, 5.41) is 8.64. The van der Waals surface area contributed by atoms with Crippen LogP contribution in [0.15, 0.2) is 18.2 Å². The Labute approximate surface area is 95.5 Å². The number of aliphatic hydroxyl groups excluding tert-OH is 1. The number of halogens is 5. The fourth-order valence-corrected chi connectivity index (χ4v) is 1.10. The molecule has 1 aromatic carbocycles. The van der Waals surface area contributed by atoms with E-state index >= 15 is 0 Å². The summed E-state index contributed by atoms with van der Waals surface area (Å²) in [6, 6.07) is 0.968. The van der Waals surface area contributed by atoms with E-state index in [1.54, 1.807) is 0 Å². The van der Waals surface area contributed by atoms with Crippen molar-refractivity contribution in [3.05, 3.63) is 35.1 Å². The first-order valence-electron chi connectivity index (χ1n) is 4.08. The van der Waals surface area contributed by atoms with Gasteiger partial charge in [0.1, 0.15) is 5.82 Å². The Hall–Kier alpha value is -0.850. The van der Waals surface area contributed by atoms with Crippen molar-refractivity contribution in [3.63, 3.8) is 0 Å². The van der Waals surface area contributed by atoms with Crippen LogP contribution in [-0.2, 0) is 6.18 Å². The molecule has 92 valence electrons. The van der Waals surface area contributed by atoms with E-state index < -0.39 is 30.2 Å². The Morgan fingerprint density at radius 1 is 1.25 bits per heavy atom. The minimum Gasteiger partial charge on any atom is -0.394 e. The Morgan fingerprint density at radius 2 is 1.81 bits per heavy atom. The third-order valence-corrected chi connectivity index (χ3v) is 1.87. The highest BCUT2D eigenvalue weighted by molar-refractivity contribution is 5.85. The Bertz CT molecular complexity index is 356. The van der Waals surface area contributed by atoms with Gasteiger partial charge in [0, 0.05) is 0 Å². The van der Waals surface area contributed by atoms with E-state index in [0.29, 0.717) is 6.07 Å². The second-order valence-corrected chi connectivity index (χ2v) is 3.06. The van der Waals surface area contributed by atoms with Gasteiger partial charge in [-0.1, -0.05) is 0 Å². The van der Waals surface area contributed by atoms with Crippen LogP contribution in [-0.4, -0.2) is 11.7 Å². The molecule has 1 aromatic rings. The highest BCUT2D eigenvalue weighted by atomic mass is 35.5. The molecule has 1 atom stereocenters. The molecule has 3 N–H and O–H groups in total. The smallest absolute Gasteiger partial charge is 0.394 e. The van der Waals surface area contributed by atoms with E-state index in [1.807, 2.05) is 0 Å². The summed E-state index contributed by atoms with van der Waals surface area (Å²) in [6.45, 7) is -0.541. The van der Waals surface area contributed by atoms with Crippen molar-refractivity contribution in [1.29, 1.82) is 0 Å². The third kappa shape index (κ3) is 3.62. The van der Waals surface area contributed by atoms with Crippen LogP contribution in [0.4, 0.5) is 17.6 Å². The largest absolute Gasteiger partial charge is 0.416 e. The van der Waals surface area contributed by atoms with E-state index in [-0.39, 0.29) is 18.0 Å². The zero-order chi connectivity index (χ0) is 11.6. The first kappa shape index (κ1) is 15.2. The topological polar surface area (TPSA) is 46.2 Å². The molecule has 16 heavy (non-hydrogen) atoms. The van der Waals surface area contributed by atoms with Crippen molar-refractivity contribution in [2.75, 3.05) is 6.61 Å². The van der Waals surface area contributed by atoms with Crippen LogP contribution in [0.5, 0.6) is 0 Å². The van der Waals surface area contributed by atoms with Gasteiger partial charge in [0.25, 0.3) is 0 Å². The molecule has 2 nitrogen and oxygen atoms in total. The predicted octanol–water partition coefficient (Wildman–Crippen LogP) is 2.26. The molecule has 7 heteroatoms. The molecule has 0 heterocycles. The van der Waals surface area contributed by atoms with Gasteiger partial charge in [0.15, 0.2) is 0 Å². The predicted molar refractivity (Wildman–Crippen MR) is 52.7 cm³/mol. The molecule has 0 radical (unpaired) electrons. The fourth-order valence-electron chi connectivity index (χ4n) is 1.10. The SMILES string of the molecule is Cl.N[C@H](CO)c1cc(F)cc(C(F)(F)F)c1. The van der Waals surface area contributed by atoms with Crippen molar-refractivity contribution in [2.24, 2.45) is 5.73 Å². The number of hydrogen-bond acceptors (Lipinski definition) is 2. The minimum atomic E-state index is -4.62. The lowest BCUT2D eigenvalue weighted by Crippen LogP contribution is -2.16. The van der Waals surface area contributed by atoms with E-state index in [1.165, 1.54) is 0 Å². The monoisotopic (exact) mass is 259 g/mol. The molecule has 0 saturated carbocycles. The van der Waals surface area contributed by atoms with Gasteiger partial charge in [0.05, 0.1) is 18.2 Å². The highest BCUT2D eigenvalue weighted by Crippen LogP contribution is 2.31. The first-order valence-corrected chi connectivity index (χ1v) is 4.08. The molecule has 0 amide bonds. The fraction of sp³-hybridized carbons (Fsp3) is 0.333. The van der Waals surface area contributed by atoms with Crippen molar-refractivity contribution >= 4 is 12.4 Å². The van der Waals surface area contributed by atoms with Crippen molar-refractivity contribution < 1.29 is 22.7 Å². The van der Waals surface area contributed by atoms with E-state index in [0.717, 1.165) is 12.1 Å². The van der Waals surface area contributed by atoms with E-state index in [4.69, 9.17) is 10.8 Å². The Morgan fingerprint density at radius 3 is 2.25 bits per heavy atom. The van der Waals surface area contributed by atoms with Gasteiger partial charge in [-0.3, -0.25) is 0 Å². The number of hydrogen-bond donors (Lipinski definition) is 2. The molecule has 0 spiro atoms. The number of nitrogens with two attached hydrogens (primary N) is 1. The average molecular weight is 260 g/mol. The minimum absolute atomic E-state index is 0. The maximum atomic E-state index is 12.8. The summed E-state index contributed by atoms with van der Waals surface area (Å²) in [5.41, 5.74) is 4.10. The van der Waals surface area contributed by atoms with E-state index in [2.05, 4.69) is 0 Å². The molecule has 0 fully saturated rings. The zero-order valence-electron chi connectivity index (χ0n) is 7.96. The Kier molecular flexibility index (Phi) is 5.18. The lowest BCUT2D eigenvalue weighted by atomic mass is 10.0. The lowest BCUT2D eigenvalue weighted by Gasteiger charge is -2.12. The summed E-state index contributed by atoms with van der Waals surface area (Å²) in [5.74, 6) is -1.02. The van der Waals surface area contributed by atoms with Crippen LogP contribution in [0.25, 0.3) is 0 Å². The number of rotatable bonds is 2. The van der Waals surface area contributed by atoms with Crippen LogP contribution < -0.4 is 5.73 Å². The van der Waals surface area contributed by atoms with Gasteiger partial charge in [-0.2, -0.15) is 13.2 Å². The standard InChI is InChI=1S/C9H9F4NO.ClH/c10-7-2-5(8(14)4-15)1-6(3-7)9(11,12)13;/h1-3,8,15H,4,14H2;1H/t8-;/m1./s1. The van der Waals surface area contributed by atoms with Crippen LogP contribution in [0.1, 0.15) is 17.2 Å². The summed E-state index contributed by atoms with van der Waals surface area (Å²) in [4.78, 5) is 0. The Balaban J connectivity index is 0.00000225. The van der Waals surface area contributed by atoms with Gasteiger partial charge in [-0.05, 0) is 23.8 Å². The van der Waals surface area contributed by atoms with Gasteiger partial charge < -0.3 is 10.8 Å². The first-order chi connectivity index (χ1) is 6.84. The van der Waals surface area contributed by atoms with Crippen molar-refractivity contribution in [2.45, 2.75) is 12.2 Å². The number of alkyl halides is 3. The van der Waals surface area contributed by atoms with Gasteiger partial charge in [0.2, 0.25) is 0 Å². The third-order valence-electron chi connectivity index (χ3n) is 1.87. The van der Waals surface area contributed by atoms with Crippen molar-refractivity contribution in [1.82, 2.24) is 0 Å². The molecule has 0 unspecified atom stereocenters. The lowest BCUT2D eigenvalue weighted by molar-refractivity contribution is -0.137. The van der Waals surface area contributed by atoms with Crippen LogP contribution >= 0.6 is 12.4 Å². The molecule has 0 saturated heterocycles. The average Bonchev–Trinajstić information content (AvgIpc) is 2.14. The van der Waals surface area contributed by atoms with Crippen molar-refractivity contribution in [3.8, 4) is 0 Å². The molecule has 1 rings (SSSR count). The molecule has 0 aliphatic carbocycles. The molecule has 0 aromatic heterocycles. The maximum Gasteiger partial charge on any atom is 0.416 e. The number of aliphatic hydroxyl groups is 1. The maximum absolute atomic E-state index is 12.8. The molecular formula is C9H10ClF4NO. The normalized spacial score (nSPS) is 13.1. The van der Waals surface area contributed by atoms with Crippen LogP contribution in [0, 0.1) is 5.82 Å². The second-order valence-electron chi connectivity index (χ2n) is 3.06. The van der Waals surface area contributed by atoms with E-state index in [9.17, 15) is 17.6 Å². The summed E-state index contributed by atoms with van der Waals surface area (Å²) < 4.78 is 49.6. The van der Waals surface area contributed by atoms with Crippen LogP contribution in [0.3, 0.4) is 0 Å². The highest BCUT2D eigenvalue weighted by Gasteiger charge is 2.31. The van der Waals surface area contributed by atoms with Gasteiger partial charge in [-0.15, -0.1) is 12.4 Å². The van der Waals surface area contributed by atoms with Crippen LogP contribution in [0.2, 0.25) is 0 Å². The quantitative estimate of drug-likeness (QED) is 0.801. The number of benzene rings is 1. The molecule has 0 aliphatic rings. The molecular weight excluding hydrogens is 250 g/mol. The summed E-state index contributed by atoms with van der Waals surface area (Å²) in [6.07, 6.45) is -4.62. The van der Waals surface area contributed by atoms with Gasteiger partial charge >= 0.3 is 6.18 Å². The summed E-state index contributed by atoms with van der Waals surface area (Å²) in [7, 11) is 0. The summed E-state index contributed by atoms with van der Waals surface area (Å²) >= 11 is 0. The molecule has 0 bridgehead atoms. The zero-order valence-corrected chi connectivity index (χ0v) is 8.78. The van der Waals surface area contributed by atoms with Gasteiger partial charge in [-0.25, -0.2) is 4.39 Å². The molecule has 0 aliphatic heterocycles. The second kappa shape index (κ2) is 5.47.